The monoisotopic (exact) mass is 291 g/mol. The van der Waals surface area contributed by atoms with Gasteiger partial charge in [0.05, 0.1) is 11.6 Å². The van der Waals surface area contributed by atoms with Crippen LogP contribution in [0.3, 0.4) is 0 Å². The van der Waals surface area contributed by atoms with Crippen molar-refractivity contribution in [1.82, 2.24) is 5.32 Å². The van der Waals surface area contributed by atoms with E-state index in [-0.39, 0.29) is 0 Å². The smallest absolute Gasteiger partial charge is 0.150 e. The van der Waals surface area contributed by atoms with Gasteiger partial charge in [-0.15, -0.1) is 0 Å². The van der Waals surface area contributed by atoms with Crippen molar-refractivity contribution >= 4 is 18.1 Å². The summed E-state index contributed by atoms with van der Waals surface area (Å²) in [7, 11) is 1.80. The van der Waals surface area contributed by atoms with Crippen molar-refractivity contribution in [3.8, 4) is 6.07 Å². The van der Waals surface area contributed by atoms with Crippen LogP contribution in [0, 0.1) is 11.3 Å². The Hall–Kier alpha value is -2.90. The lowest BCUT2D eigenvalue weighted by molar-refractivity contribution is 0.112. The summed E-state index contributed by atoms with van der Waals surface area (Å²) >= 11 is 0. The van der Waals surface area contributed by atoms with Gasteiger partial charge in [0.1, 0.15) is 0 Å². The number of hydrogen-bond acceptors (Lipinski definition) is 4. The van der Waals surface area contributed by atoms with Crippen molar-refractivity contribution < 1.29 is 4.79 Å². The number of aldehydes is 1. The number of carbonyl (C=O) groups excluding carboxylic acids is 1. The third kappa shape index (κ3) is 3.22. The zero-order chi connectivity index (χ0) is 15.9. The molecule has 4 nitrogen and oxygen atoms in total. The summed E-state index contributed by atoms with van der Waals surface area (Å²) in [4.78, 5) is 11.2. The molecule has 2 aromatic rings. The Kier molecular flexibility index (Phi) is 5.07. The van der Waals surface area contributed by atoms with Crippen molar-refractivity contribution in [3.63, 3.8) is 0 Å². The Bertz CT molecular complexity index is 740. The highest BCUT2D eigenvalue weighted by Crippen LogP contribution is 2.21. The molecule has 0 aliphatic rings. The predicted molar refractivity (Wildman–Crippen MR) is 87.8 cm³/mol. The minimum Gasteiger partial charge on any atom is -0.388 e. The first-order valence-corrected chi connectivity index (χ1v) is 6.90. The normalized spacial score (nSPS) is 10.9. The van der Waals surface area contributed by atoms with Crippen LogP contribution in [0.25, 0.3) is 11.8 Å². The second kappa shape index (κ2) is 7.21. The average Bonchev–Trinajstić information content (AvgIpc) is 2.59. The third-order valence-electron chi connectivity index (χ3n) is 3.45. The molecule has 0 bridgehead atoms. The molecule has 22 heavy (non-hydrogen) atoms. The van der Waals surface area contributed by atoms with Crippen LogP contribution >= 0.6 is 0 Å². The van der Waals surface area contributed by atoms with Gasteiger partial charge >= 0.3 is 0 Å². The number of nitriles is 1. The van der Waals surface area contributed by atoms with Gasteiger partial charge in [0.15, 0.2) is 6.29 Å². The summed E-state index contributed by atoms with van der Waals surface area (Å²) in [5.74, 6) is 0. The molecule has 2 rings (SSSR count). The van der Waals surface area contributed by atoms with E-state index in [1.54, 1.807) is 25.2 Å². The standard InChI is InChI=1S/C18H17N3O/c1-21-18(14-7-5-13(10-19)6-8-14)9-17-15(11-20)3-2-4-16(17)12-22/h2-9,12,21H,10,19H2,1H3/b18-9-. The molecule has 0 amide bonds. The fourth-order valence-corrected chi connectivity index (χ4v) is 2.21. The third-order valence-corrected chi connectivity index (χ3v) is 3.45. The number of nitrogens with one attached hydrogen (secondary N) is 1. The number of nitrogens with zero attached hydrogens (tertiary/aromatic N) is 1. The summed E-state index contributed by atoms with van der Waals surface area (Å²) in [6.07, 6.45) is 2.58. The number of rotatable bonds is 5. The molecule has 3 N–H and O–H groups in total. The van der Waals surface area contributed by atoms with Gasteiger partial charge in [-0.2, -0.15) is 5.26 Å². The van der Waals surface area contributed by atoms with Crippen LogP contribution in [0.4, 0.5) is 0 Å². The lowest BCUT2D eigenvalue weighted by Crippen LogP contribution is -2.06. The van der Waals surface area contributed by atoms with Crippen molar-refractivity contribution in [3.05, 3.63) is 70.3 Å². The van der Waals surface area contributed by atoms with E-state index in [0.717, 1.165) is 23.1 Å². The minimum absolute atomic E-state index is 0.468. The molecule has 0 saturated carbocycles. The molecule has 2 aromatic carbocycles. The highest BCUT2D eigenvalue weighted by atomic mass is 16.1. The Morgan fingerprint density at radius 3 is 2.55 bits per heavy atom. The number of carbonyl (C=O) groups is 1. The summed E-state index contributed by atoms with van der Waals surface area (Å²) in [5, 5.41) is 12.3. The first kappa shape index (κ1) is 15.5. The predicted octanol–water partition coefficient (Wildman–Crippen LogP) is 2.55. The van der Waals surface area contributed by atoms with Gasteiger partial charge in [0, 0.05) is 30.4 Å². The lowest BCUT2D eigenvalue weighted by atomic mass is 9.99. The first-order chi connectivity index (χ1) is 10.7. The van der Waals surface area contributed by atoms with E-state index < -0.39 is 0 Å². The summed E-state index contributed by atoms with van der Waals surface area (Å²) in [6.45, 7) is 0.492. The van der Waals surface area contributed by atoms with Gasteiger partial charge < -0.3 is 11.1 Å². The van der Waals surface area contributed by atoms with Crippen molar-refractivity contribution in [2.75, 3.05) is 7.05 Å². The van der Waals surface area contributed by atoms with Crippen LogP contribution in [-0.2, 0) is 6.54 Å². The topological polar surface area (TPSA) is 78.9 Å². The average molecular weight is 291 g/mol. The van der Waals surface area contributed by atoms with Gasteiger partial charge in [-0.05, 0) is 23.3 Å². The highest BCUT2D eigenvalue weighted by molar-refractivity contribution is 5.90. The van der Waals surface area contributed by atoms with Gasteiger partial charge in [0.2, 0.25) is 0 Å². The maximum Gasteiger partial charge on any atom is 0.150 e. The van der Waals surface area contributed by atoms with Crippen LogP contribution in [-0.4, -0.2) is 13.3 Å². The van der Waals surface area contributed by atoms with E-state index in [2.05, 4.69) is 11.4 Å². The second-order valence-electron chi connectivity index (χ2n) is 4.75. The molecule has 0 radical (unpaired) electrons. The summed E-state index contributed by atoms with van der Waals surface area (Å²) in [5.41, 5.74) is 10.0. The van der Waals surface area contributed by atoms with E-state index in [4.69, 9.17) is 5.73 Å². The largest absolute Gasteiger partial charge is 0.388 e. The molecule has 110 valence electrons. The summed E-state index contributed by atoms with van der Waals surface area (Å²) in [6, 6.07) is 15.0. The molecule has 0 aliphatic carbocycles. The second-order valence-corrected chi connectivity index (χ2v) is 4.75. The van der Waals surface area contributed by atoms with E-state index in [0.29, 0.717) is 23.2 Å². The molecular weight excluding hydrogens is 274 g/mol. The van der Waals surface area contributed by atoms with Gasteiger partial charge in [-0.1, -0.05) is 36.4 Å². The Balaban J connectivity index is 2.53. The van der Waals surface area contributed by atoms with Crippen LogP contribution < -0.4 is 11.1 Å². The minimum atomic E-state index is 0.468. The van der Waals surface area contributed by atoms with E-state index >= 15 is 0 Å². The molecule has 0 unspecified atom stereocenters. The summed E-state index contributed by atoms with van der Waals surface area (Å²) < 4.78 is 0. The highest BCUT2D eigenvalue weighted by Gasteiger charge is 2.08. The zero-order valence-corrected chi connectivity index (χ0v) is 12.3. The molecule has 0 aromatic heterocycles. The molecule has 0 heterocycles. The molecule has 0 atom stereocenters. The quantitative estimate of drug-likeness (QED) is 0.655. The van der Waals surface area contributed by atoms with E-state index in [1.807, 2.05) is 30.3 Å². The van der Waals surface area contributed by atoms with Crippen molar-refractivity contribution in [2.24, 2.45) is 5.73 Å². The van der Waals surface area contributed by atoms with Crippen LogP contribution in [0.1, 0.15) is 32.6 Å². The van der Waals surface area contributed by atoms with Gasteiger partial charge in [-0.3, -0.25) is 4.79 Å². The number of nitrogens with two attached hydrogens (primary N) is 1. The van der Waals surface area contributed by atoms with E-state index in [9.17, 15) is 10.1 Å². The number of hydrogen-bond donors (Lipinski definition) is 2. The van der Waals surface area contributed by atoms with E-state index in [1.165, 1.54) is 0 Å². The first-order valence-electron chi connectivity index (χ1n) is 6.90. The number of benzene rings is 2. The molecule has 0 aliphatic heterocycles. The van der Waals surface area contributed by atoms with Crippen molar-refractivity contribution in [2.45, 2.75) is 6.54 Å². The lowest BCUT2D eigenvalue weighted by Gasteiger charge is -2.10. The van der Waals surface area contributed by atoms with Crippen LogP contribution in [0.5, 0.6) is 0 Å². The Labute approximate surface area is 129 Å². The Morgan fingerprint density at radius 1 is 1.27 bits per heavy atom. The fraction of sp³-hybridized carbons (Fsp3) is 0.111. The van der Waals surface area contributed by atoms with Gasteiger partial charge in [-0.25, -0.2) is 0 Å². The molecule has 0 saturated heterocycles. The zero-order valence-electron chi connectivity index (χ0n) is 12.3. The maximum atomic E-state index is 11.2. The SMILES string of the molecule is CN/C(=C\c1c(C#N)cccc1C=O)c1ccc(CN)cc1. The van der Waals surface area contributed by atoms with Crippen LogP contribution in [0.2, 0.25) is 0 Å². The Morgan fingerprint density at radius 2 is 2.00 bits per heavy atom. The fourth-order valence-electron chi connectivity index (χ4n) is 2.21. The molecular formula is C18H17N3O. The molecule has 0 fully saturated rings. The van der Waals surface area contributed by atoms with Gasteiger partial charge in [0.25, 0.3) is 0 Å². The molecule has 4 heteroatoms. The van der Waals surface area contributed by atoms with Crippen molar-refractivity contribution in [1.29, 1.82) is 5.26 Å². The van der Waals surface area contributed by atoms with Crippen LogP contribution in [0.15, 0.2) is 42.5 Å². The maximum absolute atomic E-state index is 11.2. The molecule has 0 spiro atoms.